The number of thiazole rings is 1. The summed E-state index contributed by atoms with van der Waals surface area (Å²) in [5, 5.41) is 4.54. The van der Waals surface area contributed by atoms with Gasteiger partial charge in [-0.3, -0.25) is 24.2 Å². The Morgan fingerprint density at radius 1 is 1.29 bits per heavy atom. The van der Waals surface area contributed by atoms with Gasteiger partial charge in [0.15, 0.2) is 10.1 Å². The molecule has 4 rings (SSSR count). The highest BCUT2D eigenvalue weighted by Gasteiger charge is 2.33. The number of carbonyl (C=O) groups excluding carboxylic acids is 2. The zero-order valence-electron chi connectivity index (χ0n) is 14.4. The molecule has 1 aliphatic heterocycles. The maximum absolute atomic E-state index is 12.9. The average Bonchev–Trinajstić information content (AvgIpc) is 3.25. The molecule has 2 aromatic heterocycles. The van der Waals surface area contributed by atoms with Crippen LogP contribution in [-0.2, 0) is 9.59 Å². The number of fused-ring (bicyclic) bond motifs is 1. The molecule has 28 heavy (non-hydrogen) atoms. The molecule has 0 unspecified atom stereocenters. The number of nitrogens with one attached hydrogen (secondary N) is 1. The van der Waals surface area contributed by atoms with E-state index in [1.54, 1.807) is 12.2 Å². The molecule has 6 nitrogen and oxygen atoms in total. The maximum atomic E-state index is 12.9. The fourth-order valence-corrected chi connectivity index (χ4v) is 4.12. The standard InChI is InChI=1S/C19H13BrN4O2S2/c1-2-7-24-17(26)13(16(25)22-18(24)27)10-14-15(11-3-5-12(20)6-4-11)21-19-23(14)8-9-28-19/h2-6,8-10H,1,7H2,(H,22,25,27)/b13-10+. The first-order valence-electron chi connectivity index (χ1n) is 8.21. The molecule has 1 fully saturated rings. The van der Waals surface area contributed by atoms with Gasteiger partial charge in [0.2, 0.25) is 0 Å². The summed E-state index contributed by atoms with van der Waals surface area (Å²) in [7, 11) is 0. The summed E-state index contributed by atoms with van der Waals surface area (Å²) in [5.41, 5.74) is 2.23. The second-order valence-corrected chi connectivity index (χ2v) is 8.11. The van der Waals surface area contributed by atoms with Gasteiger partial charge in [-0.25, -0.2) is 4.98 Å². The molecule has 3 aromatic rings. The van der Waals surface area contributed by atoms with Crippen molar-refractivity contribution < 1.29 is 9.59 Å². The molecule has 0 saturated carbocycles. The van der Waals surface area contributed by atoms with Gasteiger partial charge in [-0.1, -0.05) is 34.1 Å². The Morgan fingerprint density at radius 3 is 2.75 bits per heavy atom. The number of amides is 2. The van der Waals surface area contributed by atoms with E-state index in [2.05, 4.69) is 32.8 Å². The molecule has 0 atom stereocenters. The third-order valence-electron chi connectivity index (χ3n) is 4.20. The monoisotopic (exact) mass is 472 g/mol. The van der Waals surface area contributed by atoms with Gasteiger partial charge >= 0.3 is 0 Å². The summed E-state index contributed by atoms with van der Waals surface area (Å²) in [5.74, 6) is -0.983. The lowest BCUT2D eigenvalue weighted by Gasteiger charge is -2.27. The number of hydrogen-bond acceptors (Lipinski definition) is 5. The Morgan fingerprint density at radius 2 is 2.04 bits per heavy atom. The minimum absolute atomic E-state index is 0.00168. The summed E-state index contributed by atoms with van der Waals surface area (Å²) >= 11 is 10.0. The van der Waals surface area contributed by atoms with Crippen molar-refractivity contribution in [1.29, 1.82) is 0 Å². The van der Waals surface area contributed by atoms with Crippen molar-refractivity contribution in [2.24, 2.45) is 0 Å². The quantitative estimate of drug-likeness (QED) is 0.272. The van der Waals surface area contributed by atoms with Gasteiger partial charge in [0, 0.05) is 28.2 Å². The van der Waals surface area contributed by atoms with Crippen molar-refractivity contribution in [2.75, 3.05) is 6.54 Å². The van der Waals surface area contributed by atoms with E-state index in [0.717, 1.165) is 15.0 Å². The van der Waals surface area contributed by atoms with Crippen LogP contribution in [0.5, 0.6) is 0 Å². The van der Waals surface area contributed by atoms with Crippen LogP contribution >= 0.6 is 39.5 Å². The molecule has 1 aliphatic rings. The van der Waals surface area contributed by atoms with Crippen LogP contribution in [0.25, 0.3) is 22.3 Å². The summed E-state index contributed by atoms with van der Waals surface area (Å²) in [6.07, 6.45) is 4.99. The number of nitrogens with zero attached hydrogens (tertiary/aromatic N) is 3. The van der Waals surface area contributed by atoms with Crippen molar-refractivity contribution in [3.8, 4) is 11.3 Å². The minimum atomic E-state index is -0.526. The fourth-order valence-electron chi connectivity index (χ4n) is 2.89. The van der Waals surface area contributed by atoms with Gasteiger partial charge in [0.1, 0.15) is 5.57 Å². The zero-order chi connectivity index (χ0) is 19.8. The zero-order valence-corrected chi connectivity index (χ0v) is 17.6. The van der Waals surface area contributed by atoms with E-state index in [4.69, 9.17) is 12.2 Å². The highest BCUT2D eigenvalue weighted by Crippen LogP contribution is 2.30. The number of benzene rings is 1. The minimum Gasteiger partial charge on any atom is -0.298 e. The molecule has 3 heterocycles. The molecule has 1 saturated heterocycles. The van der Waals surface area contributed by atoms with Crippen LogP contribution in [0.3, 0.4) is 0 Å². The van der Waals surface area contributed by atoms with Crippen molar-refractivity contribution in [1.82, 2.24) is 19.6 Å². The first-order valence-corrected chi connectivity index (χ1v) is 10.3. The highest BCUT2D eigenvalue weighted by atomic mass is 79.9. The summed E-state index contributed by atoms with van der Waals surface area (Å²) < 4.78 is 2.81. The summed E-state index contributed by atoms with van der Waals surface area (Å²) in [6, 6.07) is 7.70. The van der Waals surface area contributed by atoms with Crippen molar-refractivity contribution in [3.05, 3.63) is 64.2 Å². The lowest BCUT2D eigenvalue weighted by Crippen LogP contribution is -2.53. The Kier molecular flexibility index (Phi) is 4.96. The molecule has 9 heteroatoms. The second kappa shape index (κ2) is 7.42. The van der Waals surface area contributed by atoms with Crippen LogP contribution in [0.2, 0.25) is 0 Å². The summed E-state index contributed by atoms with van der Waals surface area (Å²) in [6.45, 7) is 3.85. The Bertz CT molecular complexity index is 1160. The van der Waals surface area contributed by atoms with E-state index in [0.29, 0.717) is 11.4 Å². The lowest BCUT2D eigenvalue weighted by atomic mass is 10.1. The van der Waals surface area contributed by atoms with E-state index >= 15 is 0 Å². The molecule has 2 amide bonds. The van der Waals surface area contributed by atoms with E-state index in [-0.39, 0.29) is 17.2 Å². The molecule has 0 aliphatic carbocycles. The Labute approximate surface area is 178 Å². The molecular weight excluding hydrogens is 460 g/mol. The van der Waals surface area contributed by atoms with Crippen molar-refractivity contribution in [3.63, 3.8) is 0 Å². The number of aromatic nitrogens is 2. The summed E-state index contributed by atoms with van der Waals surface area (Å²) in [4.78, 5) is 32.1. The number of halogens is 1. The van der Waals surface area contributed by atoms with Crippen molar-refractivity contribution >= 4 is 67.4 Å². The molecular formula is C19H13BrN4O2S2. The smallest absolute Gasteiger partial charge is 0.266 e. The molecule has 0 bridgehead atoms. The van der Waals surface area contributed by atoms with Gasteiger partial charge in [-0.2, -0.15) is 0 Å². The Balaban J connectivity index is 1.87. The third kappa shape index (κ3) is 3.21. The molecule has 1 aromatic carbocycles. The maximum Gasteiger partial charge on any atom is 0.266 e. The van der Waals surface area contributed by atoms with Gasteiger partial charge in [-0.15, -0.1) is 17.9 Å². The normalized spacial score (nSPS) is 16.1. The van der Waals surface area contributed by atoms with Crippen LogP contribution in [0, 0.1) is 0 Å². The first kappa shape index (κ1) is 18.7. The average molecular weight is 473 g/mol. The predicted octanol–water partition coefficient (Wildman–Crippen LogP) is 3.64. The number of thiocarbonyl (C=S) groups is 1. The largest absolute Gasteiger partial charge is 0.298 e. The van der Waals surface area contributed by atoms with E-state index in [1.165, 1.54) is 16.2 Å². The lowest BCUT2D eigenvalue weighted by molar-refractivity contribution is -0.128. The molecule has 0 radical (unpaired) electrons. The van der Waals surface area contributed by atoms with Gasteiger partial charge in [-0.05, 0) is 30.4 Å². The first-order chi connectivity index (χ1) is 13.5. The fraction of sp³-hybridized carbons (Fsp3) is 0.0526. The van der Waals surface area contributed by atoms with Gasteiger partial charge in [0.05, 0.1) is 11.4 Å². The predicted molar refractivity (Wildman–Crippen MR) is 117 cm³/mol. The van der Waals surface area contributed by atoms with Crippen LogP contribution < -0.4 is 5.32 Å². The van der Waals surface area contributed by atoms with Crippen LogP contribution in [0.15, 0.2) is 58.5 Å². The number of rotatable bonds is 4. The molecule has 1 N–H and O–H groups in total. The Hall–Kier alpha value is -2.62. The van der Waals surface area contributed by atoms with Crippen molar-refractivity contribution in [2.45, 2.75) is 0 Å². The number of carbonyl (C=O) groups is 2. The molecule has 0 spiro atoms. The van der Waals surface area contributed by atoms with E-state index in [9.17, 15) is 9.59 Å². The topological polar surface area (TPSA) is 66.7 Å². The third-order valence-corrected chi connectivity index (χ3v) is 5.80. The second-order valence-electron chi connectivity index (χ2n) is 5.93. The number of hydrogen-bond donors (Lipinski definition) is 1. The SMILES string of the molecule is C=CCN1C(=O)/C(=C/c2c(-c3ccc(Br)cc3)nc3sccn23)C(=O)NC1=S. The van der Waals surface area contributed by atoms with E-state index < -0.39 is 11.8 Å². The molecule has 140 valence electrons. The van der Waals surface area contributed by atoms with Crippen LogP contribution in [0.4, 0.5) is 0 Å². The van der Waals surface area contributed by atoms with Crippen LogP contribution in [-0.4, -0.2) is 37.8 Å². The number of imidazole rings is 1. The van der Waals surface area contributed by atoms with Gasteiger partial charge in [0.25, 0.3) is 11.8 Å². The van der Waals surface area contributed by atoms with Crippen LogP contribution in [0.1, 0.15) is 5.69 Å². The van der Waals surface area contributed by atoms with Gasteiger partial charge < -0.3 is 0 Å². The van der Waals surface area contributed by atoms with E-state index in [1.807, 2.05) is 40.2 Å². The highest BCUT2D eigenvalue weighted by molar-refractivity contribution is 9.10.